The highest BCUT2D eigenvalue weighted by Gasteiger charge is 2.13. The number of carbonyl (C=O) groups excluding carboxylic acids is 1. The van der Waals surface area contributed by atoms with Crippen LogP contribution in [0.15, 0.2) is 89.0 Å². The molecule has 0 spiro atoms. The predicted octanol–water partition coefficient (Wildman–Crippen LogP) is 5.04. The second kappa shape index (κ2) is 7.60. The highest BCUT2D eigenvalue weighted by Crippen LogP contribution is 2.24. The van der Waals surface area contributed by atoms with Crippen LogP contribution >= 0.6 is 0 Å². The molecule has 0 aliphatic heterocycles. The standard InChI is InChI=1S/C23H15N3O2/c24-15-17(14-18-11-12-22(28-18)16-6-2-1-3-7-16)23(27)26-21-10-4-9-20-19(21)8-5-13-25-20/h1-14H,(H,26,27). The molecule has 0 aliphatic carbocycles. The molecule has 5 heteroatoms. The van der Waals surface area contributed by atoms with Crippen molar-refractivity contribution in [2.75, 3.05) is 5.32 Å². The highest BCUT2D eigenvalue weighted by molar-refractivity contribution is 6.12. The van der Waals surface area contributed by atoms with Gasteiger partial charge in [-0.05, 0) is 36.4 Å². The van der Waals surface area contributed by atoms with Gasteiger partial charge in [-0.2, -0.15) is 5.26 Å². The molecule has 0 saturated heterocycles. The van der Waals surface area contributed by atoms with Crippen LogP contribution in [0.2, 0.25) is 0 Å². The van der Waals surface area contributed by atoms with E-state index in [4.69, 9.17) is 4.42 Å². The fraction of sp³-hybridized carbons (Fsp3) is 0. The number of fused-ring (bicyclic) bond motifs is 1. The smallest absolute Gasteiger partial charge is 0.266 e. The molecule has 28 heavy (non-hydrogen) atoms. The third-order valence-corrected chi connectivity index (χ3v) is 4.23. The third kappa shape index (κ3) is 3.53. The summed E-state index contributed by atoms with van der Waals surface area (Å²) in [6.45, 7) is 0. The van der Waals surface area contributed by atoms with Crippen molar-refractivity contribution in [3.8, 4) is 17.4 Å². The minimum atomic E-state index is -0.503. The van der Waals surface area contributed by atoms with Crippen molar-refractivity contribution in [3.05, 3.63) is 90.3 Å². The molecule has 0 unspecified atom stereocenters. The van der Waals surface area contributed by atoms with Gasteiger partial charge < -0.3 is 9.73 Å². The molecular weight excluding hydrogens is 350 g/mol. The van der Waals surface area contributed by atoms with Crippen molar-refractivity contribution >= 4 is 28.6 Å². The molecule has 2 aromatic heterocycles. The largest absolute Gasteiger partial charge is 0.457 e. The van der Waals surface area contributed by atoms with E-state index in [1.165, 1.54) is 6.08 Å². The van der Waals surface area contributed by atoms with E-state index in [0.717, 1.165) is 16.5 Å². The zero-order valence-electron chi connectivity index (χ0n) is 14.8. The van der Waals surface area contributed by atoms with Crippen molar-refractivity contribution in [2.24, 2.45) is 0 Å². The quantitative estimate of drug-likeness (QED) is 0.406. The van der Waals surface area contributed by atoms with E-state index in [1.54, 1.807) is 30.5 Å². The Morgan fingerprint density at radius 1 is 1.00 bits per heavy atom. The summed E-state index contributed by atoms with van der Waals surface area (Å²) in [6, 6.07) is 24.2. The Labute approximate surface area is 161 Å². The van der Waals surface area contributed by atoms with Gasteiger partial charge in [0.2, 0.25) is 0 Å². The molecule has 0 aliphatic rings. The number of carbonyl (C=O) groups is 1. The van der Waals surface area contributed by atoms with Gasteiger partial charge in [0, 0.05) is 23.2 Å². The normalized spacial score (nSPS) is 11.2. The lowest BCUT2D eigenvalue weighted by molar-refractivity contribution is -0.112. The molecule has 2 heterocycles. The van der Waals surface area contributed by atoms with E-state index in [9.17, 15) is 10.1 Å². The maximum Gasteiger partial charge on any atom is 0.266 e. The number of hydrogen-bond acceptors (Lipinski definition) is 4. The first-order valence-corrected chi connectivity index (χ1v) is 8.67. The summed E-state index contributed by atoms with van der Waals surface area (Å²) in [5.41, 5.74) is 2.24. The fourth-order valence-corrected chi connectivity index (χ4v) is 2.88. The first-order valence-electron chi connectivity index (χ1n) is 8.67. The van der Waals surface area contributed by atoms with Gasteiger partial charge in [0.25, 0.3) is 5.91 Å². The first kappa shape index (κ1) is 17.3. The Morgan fingerprint density at radius 2 is 1.86 bits per heavy atom. The van der Waals surface area contributed by atoms with Crippen LogP contribution in [0, 0.1) is 11.3 Å². The molecule has 0 radical (unpaired) electrons. The van der Waals surface area contributed by atoms with E-state index >= 15 is 0 Å². The Bertz CT molecular complexity index is 1210. The lowest BCUT2D eigenvalue weighted by atomic mass is 10.1. The summed E-state index contributed by atoms with van der Waals surface area (Å²) in [5, 5.41) is 13.0. The van der Waals surface area contributed by atoms with Crippen molar-refractivity contribution in [1.82, 2.24) is 4.98 Å². The molecule has 134 valence electrons. The number of nitriles is 1. The van der Waals surface area contributed by atoms with Gasteiger partial charge in [-0.3, -0.25) is 9.78 Å². The Hall–Kier alpha value is -4.17. The van der Waals surface area contributed by atoms with Crippen LogP contribution in [-0.2, 0) is 4.79 Å². The number of furan rings is 1. The van der Waals surface area contributed by atoms with Crippen molar-refractivity contribution in [1.29, 1.82) is 5.26 Å². The number of anilines is 1. The lowest BCUT2D eigenvalue weighted by Gasteiger charge is -2.07. The van der Waals surface area contributed by atoms with Gasteiger partial charge in [-0.25, -0.2) is 0 Å². The van der Waals surface area contributed by atoms with E-state index in [-0.39, 0.29) is 5.57 Å². The van der Waals surface area contributed by atoms with Gasteiger partial charge >= 0.3 is 0 Å². The second-order valence-corrected chi connectivity index (χ2v) is 6.07. The minimum absolute atomic E-state index is 0.0464. The molecule has 2 aromatic carbocycles. The number of hydrogen-bond donors (Lipinski definition) is 1. The highest BCUT2D eigenvalue weighted by atomic mass is 16.3. The van der Waals surface area contributed by atoms with Crippen LogP contribution in [0.4, 0.5) is 5.69 Å². The molecule has 5 nitrogen and oxygen atoms in total. The van der Waals surface area contributed by atoms with Crippen LogP contribution in [0.25, 0.3) is 28.3 Å². The molecule has 1 amide bonds. The second-order valence-electron chi connectivity index (χ2n) is 6.07. The molecule has 0 fully saturated rings. The topological polar surface area (TPSA) is 78.9 Å². The van der Waals surface area contributed by atoms with Gasteiger partial charge in [0.15, 0.2) is 0 Å². The Morgan fingerprint density at radius 3 is 2.68 bits per heavy atom. The summed E-state index contributed by atoms with van der Waals surface area (Å²) in [5.74, 6) is 0.603. The van der Waals surface area contributed by atoms with Crippen molar-refractivity contribution in [3.63, 3.8) is 0 Å². The number of rotatable bonds is 4. The summed E-state index contributed by atoms with van der Waals surface area (Å²) >= 11 is 0. The number of nitrogens with one attached hydrogen (secondary N) is 1. The average molecular weight is 365 g/mol. The first-order chi connectivity index (χ1) is 13.7. The van der Waals surface area contributed by atoms with Gasteiger partial charge in [-0.1, -0.05) is 36.4 Å². The summed E-state index contributed by atoms with van der Waals surface area (Å²) in [4.78, 5) is 16.9. The van der Waals surface area contributed by atoms with Gasteiger partial charge in [0.1, 0.15) is 23.2 Å². The maximum absolute atomic E-state index is 12.6. The molecule has 0 atom stereocenters. The number of amides is 1. The zero-order valence-corrected chi connectivity index (χ0v) is 14.8. The number of aromatic nitrogens is 1. The average Bonchev–Trinajstić information content (AvgIpc) is 3.21. The molecule has 4 aromatic rings. The Balaban J connectivity index is 1.59. The predicted molar refractivity (Wildman–Crippen MR) is 108 cm³/mol. The molecule has 0 saturated carbocycles. The summed E-state index contributed by atoms with van der Waals surface area (Å²) < 4.78 is 5.76. The van der Waals surface area contributed by atoms with E-state index < -0.39 is 5.91 Å². The Kier molecular flexibility index (Phi) is 4.68. The van der Waals surface area contributed by atoms with Crippen molar-refractivity contribution < 1.29 is 9.21 Å². The van der Waals surface area contributed by atoms with Crippen LogP contribution in [-0.4, -0.2) is 10.9 Å². The van der Waals surface area contributed by atoms with Crippen LogP contribution < -0.4 is 5.32 Å². The van der Waals surface area contributed by atoms with E-state index in [2.05, 4.69) is 10.3 Å². The number of nitrogens with zero attached hydrogens (tertiary/aromatic N) is 2. The van der Waals surface area contributed by atoms with Gasteiger partial charge in [0.05, 0.1) is 11.2 Å². The number of pyridine rings is 1. The minimum Gasteiger partial charge on any atom is -0.457 e. The molecule has 1 N–H and O–H groups in total. The van der Waals surface area contributed by atoms with Gasteiger partial charge in [-0.15, -0.1) is 0 Å². The monoisotopic (exact) mass is 365 g/mol. The van der Waals surface area contributed by atoms with Crippen molar-refractivity contribution in [2.45, 2.75) is 0 Å². The van der Waals surface area contributed by atoms with Crippen LogP contribution in [0.3, 0.4) is 0 Å². The third-order valence-electron chi connectivity index (χ3n) is 4.23. The van der Waals surface area contributed by atoms with Crippen LogP contribution in [0.1, 0.15) is 5.76 Å². The molecule has 4 rings (SSSR count). The lowest BCUT2D eigenvalue weighted by Crippen LogP contribution is -2.13. The summed E-state index contributed by atoms with van der Waals surface area (Å²) in [6.07, 6.45) is 3.13. The maximum atomic E-state index is 12.6. The van der Waals surface area contributed by atoms with E-state index in [0.29, 0.717) is 17.2 Å². The van der Waals surface area contributed by atoms with E-state index in [1.807, 2.05) is 54.6 Å². The fourth-order valence-electron chi connectivity index (χ4n) is 2.88. The zero-order chi connectivity index (χ0) is 19.3. The molecular formula is C23H15N3O2. The molecule has 0 bridgehead atoms. The summed E-state index contributed by atoms with van der Waals surface area (Å²) in [7, 11) is 0. The van der Waals surface area contributed by atoms with Crippen LogP contribution in [0.5, 0.6) is 0 Å². The SMILES string of the molecule is N#CC(=Cc1ccc(-c2ccccc2)o1)C(=O)Nc1cccc2ncccc12. The number of benzene rings is 2.